The Labute approximate surface area is 93.5 Å². The third kappa shape index (κ3) is 1.60. The van der Waals surface area contributed by atoms with E-state index in [4.69, 9.17) is 4.74 Å². The van der Waals surface area contributed by atoms with Gasteiger partial charge < -0.3 is 14.8 Å². The summed E-state index contributed by atoms with van der Waals surface area (Å²) in [5.74, 6) is -1.23. The van der Waals surface area contributed by atoms with Crippen LogP contribution in [0.2, 0.25) is 0 Å². The van der Waals surface area contributed by atoms with E-state index in [1.54, 1.807) is 0 Å². The highest BCUT2D eigenvalue weighted by atomic mass is 19.1. The molecule has 0 radical (unpaired) electrons. The van der Waals surface area contributed by atoms with Crippen LogP contribution in [0.5, 0.6) is 0 Å². The summed E-state index contributed by atoms with van der Waals surface area (Å²) in [4.78, 5) is 24.9. The van der Waals surface area contributed by atoms with Crippen molar-refractivity contribution in [1.82, 2.24) is 9.55 Å². The average Bonchev–Trinajstić information content (AvgIpc) is 2.53. The first-order chi connectivity index (χ1) is 7.88. The Bertz CT molecular complexity index is 555. The summed E-state index contributed by atoms with van der Waals surface area (Å²) in [6.45, 7) is 0.726. The van der Waals surface area contributed by atoms with E-state index in [0.29, 0.717) is 10.8 Å². The van der Waals surface area contributed by atoms with Gasteiger partial charge in [0, 0.05) is 6.20 Å². The van der Waals surface area contributed by atoms with Crippen molar-refractivity contribution in [2.24, 2.45) is 0 Å². The van der Waals surface area contributed by atoms with Crippen molar-refractivity contribution in [2.75, 3.05) is 6.61 Å². The van der Waals surface area contributed by atoms with Gasteiger partial charge in [0.15, 0.2) is 11.9 Å². The first-order valence-corrected chi connectivity index (χ1v) is 4.84. The number of halogens is 2. The number of nitrogens with one attached hydrogen (secondary N) is 1. The molecule has 17 heavy (non-hydrogen) atoms. The summed E-state index contributed by atoms with van der Waals surface area (Å²) in [5, 5.41) is 9.22. The molecule has 1 saturated heterocycles. The quantitative estimate of drug-likeness (QED) is 0.673. The molecule has 2 heterocycles. The van der Waals surface area contributed by atoms with Gasteiger partial charge in [0.25, 0.3) is 5.56 Å². The molecule has 3 atom stereocenters. The minimum atomic E-state index is -2.01. The van der Waals surface area contributed by atoms with E-state index in [0.717, 1.165) is 6.92 Å². The number of hydrogen-bond donors (Lipinski definition) is 2. The number of H-pyrrole nitrogens is 1. The van der Waals surface area contributed by atoms with Gasteiger partial charge in [-0.2, -0.15) is 4.39 Å². The minimum absolute atomic E-state index is 0.295. The predicted octanol–water partition coefficient (Wildman–Crippen LogP) is -0.922. The van der Waals surface area contributed by atoms with Crippen LogP contribution < -0.4 is 11.2 Å². The van der Waals surface area contributed by atoms with Crippen LogP contribution in [0.15, 0.2) is 15.8 Å². The normalized spacial score (nSPS) is 32.9. The Balaban J connectivity index is 2.66. The maximum Gasteiger partial charge on any atom is 0.330 e. The summed E-state index contributed by atoms with van der Waals surface area (Å²) >= 11 is 0. The lowest BCUT2D eigenvalue weighted by Crippen LogP contribution is -2.53. The molecule has 0 amide bonds. The van der Waals surface area contributed by atoms with Gasteiger partial charge in [-0.05, 0) is 6.92 Å². The van der Waals surface area contributed by atoms with Crippen LogP contribution in [0.25, 0.3) is 0 Å². The molecule has 6 nitrogen and oxygen atoms in total. The summed E-state index contributed by atoms with van der Waals surface area (Å²) < 4.78 is 32.0. The molecule has 1 fully saturated rings. The van der Waals surface area contributed by atoms with Gasteiger partial charge in [0.1, 0.15) is 6.10 Å². The topological polar surface area (TPSA) is 84.3 Å². The van der Waals surface area contributed by atoms with Gasteiger partial charge in [-0.25, -0.2) is 13.8 Å². The van der Waals surface area contributed by atoms with E-state index in [1.165, 1.54) is 0 Å². The molecule has 1 aromatic rings. The summed E-state index contributed by atoms with van der Waals surface area (Å²) in [7, 11) is 0. The second kappa shape index (κ2) is 3.74. The summed E-state index contributed by atoms with van der Waals surface area (Å²) in [6.07, 6.45) is -2.87. The largest absolute Gasteiger partial charge is 0.387 e. The Morgan fingerprint density at radius 1 is 1.65 bits per heavy atom. The van der Waals surface area contributed by atoms with Gasteiger partial charge >= 0.3 is 5.69 Å². The highest BCUT2D eigenvalue weighted by molar-refractivity contribution is 4.98. The average molecular weight is 248 g/mol. The van der Waals surface area contributed by atoms with Gasteiger partial charge in [-0.1, -0.05) is 0 Å². The Morgan fingerprint density at radius 3 is 2.82 bits per heavy atom. The molecule has 1 aliphatic rings. The molecular weight excluding hydrogens is 238 g/mol. The zero-order valence-electron chi connectivity index (χ0n) is 8.81. The van der Waals surface area contributed by atoms with Crippen LogP contribution in [0.1, 0.15) is 6.92 Å². The van der Waals surface area contributed by atoms with Gasteiger partial charge in [-0.15, -0.1) is 0 Å². The SMILES string of the molecule is CC1(n2c(=O)[nH]cc(F)c2=O)OCC(O)C1F. The van der Waals surface area contributed by atoms with E-state index in [-0.39, 0.29) is 6.61 Å². The third-order valence-electron chi connectivity index (χ3n) is 2.77. The summed E-state index contributed by atoms with van der Waals surface area (Å²) in [5.41, 5.74) is -4.31. The molecule has 1 aromatic heterocycles. The van der Waals surface area contributed by atoms with Crippen LogP contribution in [-0.4, -0.2) is 33.5 Å². The van der Waals surface area contributed by atoms with Crippen molar-refractivity contribution in [3.8, 4) is 0 Å². The lowest BCUT2D eigenvalue weighted by atomic mass is 10.1. The second-order valence-electron chi connectivity index (χ2n) is 3.92. The number of alkyl halides is 1. The van der Waals surface area contributed by atoms with E-state index in [2.05, 4.69) is 0 Å². The van der Waals surface area contributed by atoms with Crippen LogP contribution in [0, 0.1) is 5.82 Å². The minimum Gasteiger partial charge on any atom is -0.387 e. The van der Waals surface area contributed by atoms with Crippen molar-refractivity contribution in [3.05, 3.63) is 32.9 Å². The van der Waals surface area contributed by atoms with E-state index < -0.39 is 35.1 Å². The number of nitrogens with zero attached hydrogens (tertiary/aromatic N) is 1. The fourth-order valence-corrected chi connectivity index (χ4v) is 1.82. The van der Waals surface area contributed by atoms with E-state index in [1.807, 2.05) is 4.98 Å². The Morgan fingerprint density at radius 2 is 2.29 bits per heavy atom. The third-order valence-corrected chi connectivity index (χ3v) is 2.77. The number of hydrogen-bond acceptors (Lipinski definition) is 4. The molecule has 0 aliphatic carbocycles. The van der Waals surface area contributed by atoms with Crippen molar-refractivity contribution in [2.45, 2.75) is 24.9 Å². The molecule has 1 aliphatic heterocycles. The fraction of sp³-hybridized carbons (Fsp3) is 0.556. The lowest BCUT2D eigenvalue weighted by molar-refractivity contribution is -0.0888. The van der Waals surface area contributed by atoms with Crippen molar-refractivity contribution < 1.29 is 18.6 Å². The summed E-state index contributed by atoms with van der Waals surface area (Å²) in [6, 6.07) is 0. The second-order valence-corrected chi connectivity index (χ2v) is 3.92. The molecule has 0 spiro atoms. The van der Waals surface area contributed by atoms with Gasteiger partial charge in [0.2, 0.25) is 5.82 Å². The van der Waals surface area contributed by atoms with E-state index >= 15 is 0 Å². The van der Waals surface area contributed by atoms with Crippen LogP contribution >= 0.6 is 0 Å². The molecule has 2 N–H and O–H groups in total. The van der Waals surface area contributed by atoms with Gasteiger partial charge in [0.05, 0.1) is 6.61 Å². The van der Waals surface area contributed by atoms with Crippen LogP contribution in [0.3, 0.4) is 0 Å². The first kappa shape index (κ1) is 11.9. The molecule has 2 rings (SSSR count). The zero-order valence-corrected chi connectivity index (χ0v) is 8.81. The molecule has 0 bridgehead atoms. The number of aliphatic hydroxyl groups is 1. The Hall–Kier alpha value is -1.54. The van der Waals surface area contributed by atoms with Gasteiger partial charge in [-0.3, -0.25) is 4.79 Å². The monoisotopic (exact) mass is 248 g/mol. The zero-order chi connectivity index (χ0) is 12.8. The first-order valence-electron chi connectivity index (χ1n) is 4.84. The van der Waals surface area contributed by atoms with E-state index in [9.17, 15) is 23.5 Å². The number of aliphatic hydroxyl groups excluding tert-OH is 1. The fourth-order valence-electron chi connectivity index (χ4n) is 1.82. The predicted molar refractivity (Wildman–Crippen MR) is 51.8 cm³/mol. The van der Waals surface area contributed by atoms with Crippen molar-refractivity contribution in [1.29, 1.82) is 0 Å². The molecular formula is C9H10F2N2O4. The Kier molecular flexibility index (Phi) is 2.63. The van der Waals surface area contributed by atoms with Crippen LogP contribution in [0.4, 0.5) is 8.78 Å². The smallest absolute Gasteiger partial charge is 0.330 e. The molecule has 0 saturated carbocycles. The molecule has 94 valence electrons. The molecule has 8 heteroatoms. The number of rotatable bonds is 1. The number of ether oxygens (including phenoxy) is 1. The number of aromatic nitrogens is 2. The highest BCUT2D eigenvalue weighted by Crippen LogP contribution is 2.31. The van der Waals surface area contributed by atoms with Crippen LogP contribution in [-0.2, 0) is 10.5 Å². The standard InChI is InChI=1S/C9H10F2N2O4/c1-9(6(11)5(14)3-17-9)13-7(15)4(10)2-12-8(13)16/h2,5-6,14H,3H2,1H3,(H,12,16). The lowest BCUT2D eigenvalue weighted by Gasteiger charge is -2.27. The highest BCUT2D eigenvalue weighted by Gasteiger charge is 2.50. The maximum atomic E-state index is 13.7. The molecule has 3 unspecified atom stereocenters. The van der Waals surface area contributed by atoms with Crippen molar-refractivity contribution in [3.63, 3.8) is 0 Å². The maximum absolute atomic E-state index is 13.7. The van der Waals surface area contributed by atoms with Crippen molar-refractivity contribution >= 4 is 0 Å². The molecule has 0 aromatic carbocycles. The number of aromatic amines is 1.